The standard InChI is InChI=1S/C25H30O5/c1-14-11-21(28)30-25(14)10-8-19-18-6-5-16-12-17(27)7-9-23(16,3)22(18)20(29-15(2)26)13-24(19,25)4/h7,9,11-12,18-20,22H,5-6,8,10,13H2,1-4H3/t18-,19-,20-,22+,23-,24-,25-/m0/s1. The Kier molecular flexibility index (Phi) is 4.07. The molecule has 30 heavy (non-hydrogen) atoms. The third-order valence-corrected chi connectivity index (χ3v) is 9.16. The lowest BCUT2D eigenvalue weighted by Crippen LogP contribution is -2.60. The molecule has 1 aliphatic heterocycles. The summed E-state index contributed by atoms with van der Waals surface area (Å²) >= 11 is 0. The number of carbonyl (C=O) groups excluding carboxylic acids is 3. The fourth-order valence-corrected chi connectivity index (χ4v) is 7.99. The smallest absolute Gasteiger partial charge is 0.331 e. The maximum absolute atomic E-state index is 12.2. The molecular weight excluding hydrogens is 380 g/mol. The van der Waals surface area contributed by atoms with Gasteiger partial charge in [-0.15, -0.1) is 0 Å². The van der Waals surface area contributed by atoms with E-state index in [1.807, 2.05) is 13.0 Å². The molecule has 0 N–H and O–H groups in total. The first-order valence-corrected chi connectivity index (χ1v) is 11.1. The second-order valence-electron chi connectivity index (χ2n) is 10.4. The van der Waals surface area contributed by atoms with Crippen LogP contribution in [0.1, 0.15) is 59.8 Å². The van der Waals surface area contributed by atoms with Gasteiger partial charge < -0.3 is 9.47 Å². The van der Waals surface area contributed by atoms with E-state index in [2.05, 4.69) is 13.8 Å². The van der Waals surface area contributed by atoms with E-state index in [4.69, 9.17) is 9.47 Å². The number of allylic oxidation sites excluding steroid dienone is 4. The fraction of sp³-hybridized carbons (Fsp3) is 0.640. The molecule has 0 unspecified atom stereocenters. The average Bonchev–Trinajstić information content (AvgIpc) is 3.11. The zero-order valence-electron chi connectivity index (χ0n) is 18.2. The molecule has 0 saturated heterocycles. The second-order valence-corrected chi connectivity index (χ2v) is 10.4. The Bertz CT molecular complexity index is 941. The summed E-state index contributed by atoms with van der Waals surface area (Å²) in [6.45, 7) is 7.91. The lowest BCUT2D eigenvalue weighted by atomic mass is 9.46. The van der Waals surface area contributed by atoms with Crippen molar-refractivity contribution in [2.24, 2.45) is 28.6 Å². The molecule has 3 saturated carbocycles. The van der Waals surface area contributed by atoms with Crippen LogP contribution >= 0.6 is 0 Å². The lowest BCUT2D eigenvalue weighted by Gasteiger charge is -2.60. The molecule has 5 rings (SSSR count). The zero-order valence-corrected chi connectivity index (χ0v) is 18.2. The molecule has 0 aromatic rings. The highest BCUT2D eigenvalue weighted by molar-refractivity contribution is 6.01. The number of fused-ring (bicyclic) bond motifs is 6. The van der Waals surface area contributed by atoms with Gasteiger partial charge in [-0.2, -0.15) is 0 Å². The maximum atomic E-state index is 12.2. The number of hydrogen-bond donors (Lipinski definition) is 0. The second kappa shape index (κ2) is 6.18. The number of rotatable bonds is 1. The van der Waals surface area contributed by atoms with E-state index >= 15 is 0 Å². The number of esters is 2. The Morgan fingerprint density at radius 2 is 1.97 bits per heavy atom. The van der Waals surface area contributed by atoms with Gasteiger partial charge in [-0.25, -0.2) is 4.79 Å². The highest BCUT2D eigenvalue weighted by Crippen LogP contribution is 2.70. The molecule has 1 heterocycles. The molecule has 0 aromatic carbocycles. The largest absolute Gasteiger partial charge is 0.462 e. The summed E-state index contributed by atoms with van der Waals surface area (Å²) in [6, 6.07) is 0. The number of ether oxygens (including phenoxy) is 2. The summed E-state index contributed by atoms with van der Waals surface area (Å²) in [5.74, 6) is 0.367. The van der Waals surface area contributed by atoms with Gasteiger partial charge in [0.15, 0.2) is 5.78 Å². The Balaban J connectivity index is 1.61. The van der Waals surface area contributed by atoms with E-state index in [0.717, 1.165) is 36.8 Å². The van der Waals surface area contributed by atoms with Gasteiger partial charge in [0.2, 0.25) is 0 Å². The minimum Gasteiger partial charge on any atom is -0.462 e. The molecule has 5 aliphatic rings. The molecule has 160 valence electrons. The van der Waals surface area contributed by atoms with Crippen molar-refractivity contribution in [3.05, 3.63) is 35.5 Å². The van der Waals surface area contributed by atoms with Crippen molar-refractivity contribution >= 4 is 17.7 Å². The van der Waals surface area contributed by atoms with E-state index in [1.54, 1.807) is 18.2 Å². The molecule has 0 amide bonds. The van der Waals surface area contributed by atoms with Crippen molar-refractivity contribution in [3.63, 3.8) is 0 Å². The van der Waals surface area contributed by atoms with Gasteiger partial charge in [0.25, 0.3) is 0 Å². The molecule has 0 bridgehead atoms. The van der Waals surface area contributed by atoms with Gasteiger partial charge in [0.05, 0.1) is 0 Å². The van der Waals surface area contributed by atoms with Gasteiger partial charge in [0.1, 0.15) is 11.7 Å². The van der Waals surface area contributed by atoms with Gasteiger partial charge >= 0.3 is 11.9 Å². The molecule has 3 fully saturated rings. The molecule has 0 radical (unpaired) electrons. The van der Waals surface area contributed by atoms with E-state index in [0.29, 0.717) is 18.3 Å². The van der Waals surface area contributed by atoms with Crippen LogP contribution in [0.4, 0.5) is 0 Å². The predicted molar refractivity (Wildman–Crippen MR) is 110 cm³/mol. The molecule has 7 atom stereocenters. The fourth-order valence-electron chi connectivity index (χ4n) is 7.99. The highest BCUT2D eigenvalue weighted by Gasteiger charge is 2.70. The summed E-state index contributed by atoms with van der Waals surface area (Å²) in [6.07, 6.45) is 11.2. The average molecular weight is 411 g/mol. The topological polar surface area (TPSA) is 69.7 Å². The van der Waals surface area contributed by atoms with Crippen molar-refractivity contribution < 1.29 is 23.9 Å². The van der Waals surface area contributed by atoms with Gasteiger partial charge in [-0.3, -0.25) is 9.59 Å². The van der Waals surface area contributed by atoms with Crippen molar-refractivity contribution in [1.82, 2.24) is 0 Å². The quantitative estimate of drug-likeness (QED) is 0.609. The van der Waals surface area contributed by atoms with Crippen molar-refractivity contribution in [2.45, 2.75) is 71.5 Å². The molecule has 0 aromatic heterocycles. The molecular formula is C25H30O5. The van der Waals surface area contributed by atoms with Crippen molar-refractivity contribution in [2.75, 3.05) is 0 Å². The van der Waals surface area contributed by atoms with E-state index in [1.165, 1.54) is 6.92 Å². The molecule has 1 spiro atoms. The van der Waals surface area contributed by atoms with E-state index in [-0.39, 0.29) is 40.6 Å². The van der Waals surface area contributed by atoms with Crippen LogP contribution in [0.25, 0.3) is 0 Å². The summed E-state index contributed by atoms with van der Waals surface area (Å²) in [7, 11) is 0. The van der Waals surface area contributed by atoms with Gasteiger partial charge in [-0.05, 0) is 68.6 Å². The molecule has 4 aliphatic carbocycles. The normalized spacial score (nSPS) is 46.5. The minimum atomic E-state index is -0.590. The predicted octanol–water partition coefficient (Wildman–Crippen LogP) is 4.08. The number of ketones is 1. The number of hydrogen-bond acceptors (Lipinski definition) is 5. The Morgan fingerprint density at radius 3 is 2.63 bits per heavy atom. The van der Waals surface area contributed by atoms with Gasteiger partial charge in [-0.1, -0.05) is 25.5 Å². The molecule has 5 nitrogen and oxygen atoms in total. The van der Waals surface area contributed by atoms with Crippen LogP contribution in [0.15, 0.2) is 35.5 Å². The summed E-state index contributed by atoms with van der Waals surface area (Å²) in [5, 5.41) is 0. The van der Waals surface area contributed by atoms with E-state index < -0.39 is 5.60 Å². The first-order valence-electron chi connectivity index (χ1n) is 11.1. The van der Waals surface area contributed by atoms with Crippen LogP contribution in [-0.4, -0.2) is 29.4 Å². The lowest BCUT2D eigenvalue weighted by molar-refractivity contribution is -0.190. The third-order valence-electron chi connectivity index (χ3n) is 9.16. The van der Waals surface area contributed by atoms with Crippen molar-refractivity contribution in [1.29, 1.82) is 0 Å². The maximum Gasteiger partial charge on any atom is 0.331 e. The Labute approximate surface area is 177 Å². The van der Waals surface area contributed by atoms with Crippen molar-refractivity contribution in [3.8, 4) is 0 Å². The minimum absolute atomic E-state index is 0.0454. The van der Waals surface area contributed by atoms with Crippen LogP contribution in [0.2, 0.25) is 0 Å². The first-order chi connectivity index (χ1) is 14.1. The van der Waals surface area contributed by atoms with Crippen LogP contribution in [-0.2, 0) is 23.9 Å². The number of carbonyl (C=O) groups is 3. The molecule has 5 heteroatoms. The Hall–Kier alpha value is -2.17. The van der Waals surface area contributed by atoms with Gasteiger partial charge in [0, 0.05) is 29.7 Å². The first kappa shape index (κ1) is 19.8. The third kappa shape index (κ3) is 2.38. The summed E-state index contributed by atoms with van der Waals surface area (Å²) < 4.78 is 12.0. The van der Waals surface area contributed by atoms with E-state index in [9.17, 15) is 14.4 Å². The monoisotopic (exact) mass is 410 g/mol. The SMILES string of the molecule is CC(=O)O[C@H]1C[C@@]2(C)[C@@H](CC[C@@]23OC(=O)C=C3C)[C@@H]2CCC3=CC(=O)C=C[C@]3(C)[C@H]21. The van der Waals surface area contributed by atoms with Crippen LogP contribution in [0, 0.1) is 28.6 Å². The summed E-state index contributed by atoms with van der Waals surface area (Å²) in [5.41, 5.74) is 1.02. The summed E-state index contributed by atoms with van der Waals surface area (Å²) in [4.78, 5) is 36.4. The van der Waals surface area contributed by atoms with Crippen LogP contribution < -0.4 is 0 Å². The highest BCUT2D eigenvalue weighted by atomic mass is 16.6. The van der Waals surface area contributed by atoms with Crippen LogP contribution in [0.5, 0.6) is 0 Å². The Morgan fingerprint density at radius 1 is 1.20 bits per heavy atom. The zero-order chi connectivity index (χ0) is 21.5. The van der Waals surface area contributed by atoms with Crippen LogP contribution in [0.3, 0.4) is 0 Å².